The molecule has 0 aromatic heterocycles. The number of hydrogen-bond donors (Lipinski definition) is 1. The van der Waals surface area contributed by atoms with Crippen molar-refractivity contribution in [2.45, 2.75) is 6.92 Å². The zero-order valence-electron chi connectivity index (χ0n) is 16.6. The average molecular weight is 399 g/mol. The Kier molecular flexibility index (Phi) is 7.19. The number of carbonyl (C=O) groups is 2. The standard InChI is InChI=1S/C22H26FN3O3/c1-17-4-2-7-20(14-17)29-13-8-24-21(27)16-25-9-11-26(12-10-25)22(28)18-5-3-6-19(23)15-18/h2-7,14-15H,8-13,16H2,1H3,(H,24,27). The second-order valence-electron chi connectivity index (χ2n) is 7.09. The van der Waals surface area contributed by atoms with Crippen molar-refractivity contribution < 1.29 is 18.7 Å². The molecule has 0 spiro atoms. The summed E-state index contributed by atoms with van der Waals surface area (Å²) in [5, 5.41) is 2.85. The molecule has 1 saturated heterocycles. The molecule has 1 N–H and O–H groups in total. The van der Waals surface area contributed by atoms with Gasteiger partial charge in [-0.15, -0.1) is 0 Å². The van der Waals surface area contributed by atoms with Crippen molar-refractivity contribution in [2.75, 3.05) is 45.9 Å². The predicted molar refractivity (Wildman–Crippen MR) is 108 cm³/mol. The van der Waals surface area contributed by atoms with Crippen molar-refractivity contribution in [1.29, 1.82) is 0 Å². The van der Waals surface area contributed by atoms with Crippen molar-refractivity contribution >= 4 is 11.8 Å². The summed E-state index contributed by atoms with van der Waals surface area (Å²) < 4.78 is 18.9. The molecule has 1 aliphatic rings. The Labute approximate surface area is 170 Å². The highest BCUT2D eigenvalue weighted by molar-refractivity contribution is 5.94. The number of ether oxygens (including phenoxy) is 1. The van der Waals surface area contributed by atoms with Crippen LogP contribution in [-0.2, 0) is 4.79 Å². The molecule has 6 nitrogen and oxygen atoms in total. The van der Waals surface area contributed by atoms with Gasteiger partial charge in [0.2, 0.25) is 5.91 Å². The van der Waals surface area contributed by atoms with Gasteiger partial charge >= 0.3 is 0 Å². The number of benzene rings is 2. The Bertz CT molecular complexity index is 851. The number of nitrogens with one attached hydrogen (secondary N) is 1. The highest BCUT2D eigenvalue weighted by Gasteiger charge is 2.23. The van der Waals surface area contributed by atoms with Crippen LogP contribution in [0.25, 0.3) is 0 Å². The van der Waals surface area contributed by atoms with Gasteiger partial charge in [-0.25, -0.2) is 4.39 Å². The predicted octanol–water partition coefficient (Wildman–Crippen LogP) is 2.09. The van der Waals surface area contributed by atoms with Crippen molar-refractivity contribution in [3.05, 3.63) is 65.5 Å². The van der Waals surface area contributed by atoms with Crippen LogP contribution < -0.4 is 10.1 Å². The first-order valence-electron chi connectivity index (χ1n) is 9.74. The first-order valence-corrected chi connectivity index (χ1v) is 9.74. The van der Waals surface area contributed by atoms with Gasteiger partial charge in [0.05, 0.1) is 13.1 Å². The lowest BCUT2D eigenvalue weighted by atomic mass is 10.1. The highest BCUT2D eigenvalue weighted by atomic mass is 19.1. The minimum atomic E-state index is -0.419. The van der Waals surface area contributed by atoms with E-state index in [9.17, 15) is 14.0 Å². The summed E-state index contributed by atoms with van der Waals surface area (Å²) in [7, 11) is 0. The monoisotopic (exact) mass is 399 g/mol. The molecule has 29 heavy (non-hydrogen) atoms. The molecule has 0 radical (unpaired) electrons. The summed E-state index contributed by atoms with van der Waals surface area (Å²) in [4.78, 5) is 28.3. The second kappa shape index (κ2) is 10.0. The molecular formula is C22H26FN3O3. The van der Waals surface area contributed by atoms with Gasteiger partial charge in [0.15, 0.2) is 0 Å². The molecule has 154 valence electrons. The van der Waals surface area contributed by atoms with Crippen LogP contribution in [0, 0.1) is 12.7 Å². The lowest BCUT2D eigenvalue weighted by Gasteiger charge is -2.34. The van der Waals surface area contributed by atoms with Gasteiger partial charge in [-0.2, -0.15) is 0 Å². The average Bonchev–Trinajstić information content (AvgIpc) is 2.71. The second-order valence-corrected chi connectivity index (χ2v) is 7.09. The van der Waals surface area contributed by atoms with E-state index in [-0.39, 0.29) is 18.4 Å². The molecular weight excluding hydrogens is 373 g/mol. The lowest BCUT2D eigenvalue weighted by molar-refractivity contribution is -0.122. The third-order valence-electron chi connectivity index (χ3n) is 4.78. The quantitative estimate of drug-likeness (QED) is 0.725. The van der Waals surface area contributed by atoms with Gasteiger partial charge in [0.25, 0.3) is 5.91 Å². The van der Waals surface area contributed by atoms with E-state index in [2.05, 4.69) is 5.32 Å². The summed E-state index contributed by atoms with van der Waals surface area (Å²) in [5.41, 5.74) is 1.48. The first kappa shape index (κ1) is 20.8. The molecule has 0 bridgehead atoms. The highest BCUT2D eigenvalue weighted by Crippen LogP contribution is 2.12. The zero-order chi connectivity index (χ0) is 20.6. The maximum Gasteiger partial charge on any atom is 0.254 e. The van der Waals surface area contributed by atoms with Gasteiger partial charge in [-0.05, 0) is 42.8 Å². The van der Waals surface area contributed by atoms with Crippen LogP contribution in [0.4, 0.5) is 4.39 Å². The van der Waals surface area contributed by atoms with Gasteiger partial charge in [0, 0.05) is 31.7 Å². The molecule has 1 fully saturated rings. The molecule has 1 aliphatic heterocycles. The first-order chi connectivity index (χ1) is 14.0. The van der Waals surface area contributed by atoms with Gasteiger partial charge < -0.3 is 15.0 Å². The topological polar surface area (TPSA) is 61.9 Å². The number of carbonyl (C=O) groups excluding carboxylic acids is 2. The fraction of sp³-hybridized carbons (Fsp3) is 0.364. The summed E-state index contributed by atoms with van der Waals surface area (Å²) in [6.45, 7) is 5.36. The van der Waals surface area contributed by atoms with Gasteiger partial charge in [0.1, 0.15) is 18.2 Å². The van der Waals surface area contributed by atoms with E-state index in [0.29, 0.717) is 44.9 Å². The Morgan fingerprint density at radius 3 is 2.55 bits per heavy atom. The molecule has 0 atom stereocenters. The van der Waals surface area contributed by atoms with E-state index in [4.69, 9.17) is 4.74 Å². The molecule has 7 heteroatoms. The number of piperazine rings is 1. The normalized spacial score (nSPS) is 14.5. The number of aryl methyl sites for hydroxylation is 1. The SMILES string of the molecule is Cc1cccc(OCCNC(=O)CN2CCN(C(=O)c3cccc(F)c3)CC2)c1. The third-order valence-corrected chi connectivity index (χ3v) is 4.78. The maximum absolute atomic E-state index is 13.3. The Balaban J connectivity index is 1.34. The summed E-state index contributed by atoms with van der Waals surface area (Å²) in [5.74, 6) is 0.125. The van der Waals surface area contributed by atoms with Crippen molar-refractivity contribution in [2.24, 2.45) is 0 Å². The lowest BCUT2D eigenvalue weighted by Crippen LogP contribution is -2.51. The van der Waals surface area contributed by atoms with E-state index in [0.717, 1.165) is 11.3 Å². The van der Waals surface area contributed by atoms with Crippen molar-refractivity contribution in [1.82, 2.24) is 15.1 Å². The van der Waals surface area contributed by atoms with E-state index >= 15 is 0 Å². The fourth-order valence-corrected chi connectivity index (χ4v) is 3.24. The van der Waals surface area contributed by atoms with E-state index in [1.807, 2.05) is 36.1 Å². The molecule has 2 amide bonds. The molecule has 2 aromatic carbocycles. The maximum atomic E-state index is 13.3. The summed E-state index contributed by atoms with van der Waals surface area (Å²) in [6.07, 6.45) is 0. The van der Waals surface area contributed by atoms with Crippen LogP contribution in [0.15, 0.2) is 48.5 Å². The van der Waals surface area contributed by atoms with Gasteiger partial charge in [-0.1, -0.05) is 18.2 Å². The Hall–Kier alpha value is -2.93. The fourth-order valence-electron chi connectivity index (χ4n) is 3.24. The molecule has 3 rings (SSSR count). The van der Waals surface area contributed by atoms with Crippen molar-refractivity contribution in [3.63, 3.8) is 0 Å². The largest absolute Gasteiger partial charge is 0.492 e. The minimum absolute atomic E-state index is 0.0669. The Morgan fingerprint density at radius 2 is 1.83 bits per heavy atom. The van der Waals surface area contributed by atoms with Crippen LogP contribution in [0.2, 0.25) is 0 Å². The van der Waals surface area contributed by atoms with E-state index in [1.165, 1.54) is 18.2 Å². The zero-order valence-corrected chi connectivity index (χ0v) is 16.6. The summed E-state index contributed by atoms with van der Waals surface area (Å²) >= 11 is 0. The molecule has 0 aliphatic carbocycles. The van der Waals surface area contributed by atoms with E-state index in [1.54, 1.807) is 11.0 Å². The molecule has 1 heterocycles. The number of nitrogens with zero attached hydrogens (tertiary/aromatic N) is 2. The molecule has 2 aromatic rings. The smallest absolute Gasteiger partial charge is 0.254 e. The van der Waals surface area contributed by atoms with Crippen LogP contribution in [0.3, 0.4) is 0 Å². The number of hydrogen-bond acceptors (Lipinski definition) is 4. The number of amides is 2. The molecule has 0 unspecified atom stereocenters. The van der Waals surface area contributed by atoms with Crippen LogP contribution in [-0.4, -0.2) is 67.5 Å². The van der Waals surface area contributed by atoms with Gasteiger partial charge in [-0.3, -0.25) is 14.5 Å². The van der Waals surface area contributed by atoms with Crippen LogP contribution in [0.5, 0.6) is 5.75 Å². The number of halogens is 1. The van der Waals surface area contributed by atoms with E-state index < -0.39 is 5.82 Å². The van der Waals surface area contributed by atoms with Crippen LogP contribution in [0.1, 0.15) is 15.9 Å². The minimum Gasteiger partial charge on any atom is -0.492 e. The number of rotatable bonds is 7. The molecule has 0 saturated carbocycles. The third kappa shape index (κ3) is 6.29. The Morgan fingerprint density at radius 1 is 1.07 bits per heavy atom. The van der Waals surface area contributed by atoms with Crippen molar-refractivity contribution in [3.8, 4) is 5.75 Å². The summed E-state index contributed by atoms with van der Waals surface area (Å²) in [6, 6.07) is 13.5. The van der Waals surface area contributed by atoms with Crippen LogP contribution >= 0.6 is 0 Å².